The molecule has 1 heterocycles. The third-order valence-corrected chi connectivity index (χ3v) is 5.71. The molecule has 3 rings (SSSR count). The summed E-state index contributed by atoms with van der Waals surface area (Å²) in [5.74, 6) is -0.295. The fourth-order valence-electron chi connectivity index (χ4n) is 4.12. The van der Waals surface area contributed by atoms with Gasteiger partial charge in [-0.2, -0.15) is 13.2 Å². The Hall–Kier alpha value is -1.31. The van der Waals surface area contributed by atoms with E-state index in [-0.39, 0.29) is 24.2 Å². The molecule has 27 heavy (non-hydrogen) atoms. The van der Waals surface area contributed by atoms with Crippen LogP contribution in [0.5, 0.6) is 0 Å². The first-order valence-electron chi connectivity index (χ1n) is 9.18. The van der Waals surface area contributed by atoms with E-state index in [4.69, 9.17) is 0 Å². The number of aliphatic hydroxyl groups is 1. The van der Waals surface area contributed by atoms with Gasteiger partial charge in [0, 0.05) is 25.6 Å². The van der Waals surface area contributed by atoms with E-state index in [1.54, 1.807) is 6.07 Å². The van der Waals surface area contributed by atoms with E-state index in [2.05, 4.69) is 10.6 Å². The van der Waals surface area contributed by atoms with Gasteiger partial charge in [0.05, 0.1) is 17.1 Å². The van der Waals surface area contributed by atoms with Gasteiger partial charge in [-0.3, -0.25) is 4.79 Å². The molecule has 1 aromatic rings. The number of aliphatic hydroxyl groups excluding tert-OH is 1. The molecular weight excluding hydrogens is 381 g/mol. The lowest BCUT2D eigenvalue weighted by Crippen LogP contribution is -2.48. The van der Waals surface area contributed by atoms with Crippen LogP contribution in [0, 0.1) is 5.92 Å². The first kappa shape index (κ1) is 22.0. The fourth-order valence-corrected chi connectivity index (χ4v) is 4.12. The molecule has 2 unspecified atom stereocenters. The number of carbonyl (C=O) groups is 1. The second-order valence-corrected chi connectivity index (χ2v) is 7.42. The van der Waals surface area contributed by atoms with Crippen molar-refractivity contribution in [2.75, 3.05) is 19.6 Å². The molecule has 0 aromatic heterocycles. The Bertz CT molecular complexity index is 648. The average Bonchev–Trinajstić information content (AvgIpc) is 3.04. The number of benzene rings is 1. The molecule has 2 fully saturated rings. The fraction of sp³-hybridized carbons (Fsp3) is 0.632. The minimum absolute atomic E-state index is 0. The molecule has 0 radical (unpaired) electrons. The maximum absolute atomic E-state index is 13.1. The Kier molecular flexibility index (Phi) is 7.16. The summed E-state index contributed by atoms with van der Waals surface area (Å²) in [7, 11) is 0. The van der Waals surface area contributed by atoms with Gasteiger partial charge in [-0.05, 0) is 24.5 Å². The van der Waals surface area contributed by atoms with Crippen LogP contribution < -0.4 is 10.6 Å². The molecular formula is C19H26ClF3N2O2. The molecule has 3 N–H and O–H groups in total. The van der Waals surface area contributed by atoms with E-state index in [1.807, 2.05) is 0 Å². The summed E-state index contributed by atoms with van der Waals surface area (Å²) in [6, 6.07) is 5.17. The van der Waals surface area contributed by atoms with Crippen LogP contribution in [0.3, 0.4) is 0 Å². The van der Waals surface area contributed by atoms with Crippen LogP contribution in [-0.2, 0) is 16.4 Å². The number of amides is 1. The number of alkyl halides is 3. The van der Waals surface area contributed by atoms with Crippen molar-refractivity contribution in [1.82, 2.24) is 10.6 Å². The Morgan fingerprint density at radius 3 is 2.52 bits per heavy atom. The normalized spacial score (nSPS) is 24.9. The van der Waals surface area contributed by atoms with Crippen LogP contribution in [-0.4, -0.2) is 36.8 Å². The van der Waals surface area contributed by atoms with Crippen molar-refractivity contribution in [3.63, 3.8) is 0 Å². The predicted molar refractivity (Wildman–Crippen MR) is 98.8 cm³/mol. The Balaban J connectivity index is 0.00000261. The molecule has 1 saturated heterocycles. The number of hydrogen-bond donors (Lipinski definition) is 3. The monoisotopic (exact) mass is 406 g/mol. The molecule has 4 nitrogen and oxygen atoms in total. The highest BCUT2D eigenvalue weighted by Crippen LogP contribution is 2.41. The molecule has 0 spiro atoms. The van der Waals surface area contributed by atoms with Gasteiger partial charge in [-0.1, -0.05) is 37.5 Å². The van der Waals surface area contributed by atoms with E-state index >= 15 is 0 Å². The molecule has 2 aliphatic rings. The molecule has 1 aliphatic carbocycles. The van der Waals surface area contributed by atoms with E-state index in [0.29, 0.717) is 38.0 Å². The first-order valence-corrected chi connectivity index (χ1v) is 9.18. The van der Waals surface area contributed by atoms with E-state index in [0.717, 1.165) is 31.4 Å². The van der Waals surface area contributed by atoms with Crippen molar-refractivity contribution in [3.8, 4) is 0 Å². The second kappa shape index (κ2) is 8.80. The summed E-state index contributed by atoms with van der Waals surface area (Å²) < 4.78 is 39.4. The zero-order chi connectivity index (χ0) is 18.8. The van der Waals surface area contributed by atoms with E-state index in [9.17, 15) is 23.1 Å². The van der Waals surface area contributed by atoms with Crippen molar-refractivity contribution < 1.29 is 23.1 Å². The SMILES string of the molecule is Cl.O=C(NCC1CNCC1O)C1(c2cccc(C(F)(F)F)c2)CCCCC1. The van der Waals surface area contributed by atoms with Crippen molar-refractivity contribution in [2.45, 2.75) is 49.8 Å². The first-order chi connectivity index (χ1) is 12.3. The molecule has 2 atom stereocenters. The largest absolute Gasteiger partial charge is 0.416 e. The van der Waals surface area contributed by atoms with Crippen LogP contribution >= 0.6 is 12.4 Å². The summed E-state index contributed by atoms with van der Waals surface area (Å²) in [6.45, 7) is 1.45. The zero-order valence-corrected chi connectivity index (χ0v) is 15.8. The molecule has 8 heteroatoms. The summed E-state index contributed by atoms with van der Waals surface area (Å²) in [4.78, 5) is 13.1. The number of hydrogen-bond acceptors (Lipinski definition) is 3. The summed E-state index contributed by atoms with van der Waals surface area (Å²) in [5, 5.41) is 15.8. The summed E-state index contributed by atoms with van der Waals surface area (Å²) in [6.07, 6.45) is -1.22. The molecule has 1 aliphatic heterocycles. The van der Waals surface area contributed by atoms with Crippen molar-refractivity contribution >= 4 is 18.3 Å². The third-order valence-electron chi connectivity index (χ3n) is 5.71. The van der Waals surface area contributed by atoms with Crippen molar-refractivity contribution in [1.29, 1.82) is 0 Å². The Labute approximate surface area is 163 Å². The minimum atomic E-state index is -4.43. The zero-order valence-electron chi connectivity index (χ0n) is 15.0. The van der Waals surface area contributed by atoms with Gasteiger partial charge >= 0.3 is 6.18 Å². The maximum Gasteiger partial charge on any atom is 0.416 e. The van der Waals surface area contributed by atoms with Crippen molar-refractivity contribution in [2.24, 2.45) is 5.92 Å². The molecule has 1 aromatic carbocycles. The lowest BCUT2D eigenvalue weighted by Gasteiger charge is -2.37. The van der Waals surface area contributed by atoms with Gasteiger partial charge in [-0.25, -0.2) is 0 Å². The standard InChI is InChI=1S/C19H25F3N2O2.ClH/c20-19(21,22)15-6-4-5-14(9-15)18(7-2-1-3-8-18)17(26)24-11-13-10-23-12-16(13)25;/h4-6,9,13,16,23,25H,1-3,7-8,10-12H2,(H,24,26);1H. The highest BCUT2D eigenvalue weighted by Gasteiger charge is 2.42. The van der Waals surface area contributed by atoms with Gasteiger partial charge in [0.15, 0.2) is 0 Å². The van der Waals surface area contributed by atoms with Crippen LogP contribution in [0.15, 0.2) is 24.3 Å². The number of halogens is 4. The maximum atomic E-state index is 13.1. The Morgan fingerprint density at radius 2 is 1.93 bits per heavy atom. The predicted octanol–water partition coefficient (Wildman–Crippen LogP) is 3.03. The highest BCUT2D eigenvalue weighted by molar-refractivity contribution is 5.88. The lowest BCUT2D eigenvalue weighted by molar-refractivity contribution is -0.138. The average molecular weight is 407 g/mol. The number of rotatable bonds is 4. The molecule has 0 bridgehead atoms. The second-order valence-electron chi connectivity index (χ2n) is 7.42. The van der Waals surface area contributed by atoms with Gasteiger partial charge in [0.25, 0.3) is 0 Å². The van der Waals surface area contributed by atoms with Gasteiger partial charge < -0.3 is 15.7 Å². The lowest BCUT2D eigenvalue weighted by atomic mass is 9.68. The van der Waals surface area contributed by atoms with Gasteiger partial charge in [0.1, 0.15) is 0 Å². The third kappa shape index (κ3) is 4.76. The van der Waals surface area contributed by atoms with Crippen LogP contribution in [0.2, 0.25) is 0 Å². The van der Waals surface area contributed by atoms with Gasteiger partial charge in [-0.15, -0.1) is 12.4 Å². The smallest absolute Gasteiger partial charge is 0.391 e. The summed E-state index contributed by atoms with van der Waals surface area (Å²) in [5.41, 5.74) is -1.20. The Morgan fingerprint density at radius 1 is 1.22 bits per heavy atom. The summed E-state index contributed by atoms with van der Waals surface area (Å²) >= 11 is 0. The van der Waals surface area contributed by atoms with Crippen LogP contribution in [0.25, 0.3) is 0 Å². The number of nitrogens with one attached hydrogen (secondary N) is 2. The van der Waals surface area contributed by atoms with E-state index in [1.165, 1.54) is 6.07 Å². The van der Waals surface area contributed by atoms with Crippen LogP contribution in [0.1, 0.15) is 43.2 Å². The minimum Gasteiger partial charge on any atom is -0.391 e. The topological polar surface area (TPSA) is 61.4 Å². The van der Waals surface area contributed by atoms with Crippen LogP contribution in [0.4, 0.5) is 13.2 Å². The van der Waals surface area contributed by atoms with Crippen molar-refractivity contribution in [3.05, 3.63) is 35.4 Å². The van der Waals surface area contributed by atoms with Gasteiger partial charge in [0.2, 0.25) is 5.91 Å². The number of carbonyl (C=O) groups excluding carboxylic acids is 1. The highest BCUT2D eigenvalue weighted by atomic mass is 35.5. The molecule has 1 amide bonds. The quantitative estimate of drug-likeness (QED) is 0.720. The molecule has 152 valence electrons. The number of β-amino-alcohol motifs (C(OH)–C–C–N with tert-alkyl or cyclic N) is 1. The van der Waals surface area contributed by atoms with E-state index < -0.39 is 23.3 Å². The molecule has 1 saturated carbocycles.